The van der Waals surface area contributed by atoms with Crippen LogP contribution in [0.5, 0.6) is 5.75 Å². The zero-order valence-corrected chi connectivity index (χ0v) is 15.8. The Hall–Kier alpha value is -3.26. The Kier molecular flexibility index (Phi) is 4.56. The molecule has 0 aliphatic carbocycles. The lowest BCUT2D eigenvalue weighted by Crippen LogP contribution is -2.25. The van der Waals surface area contributed by atoms with Crippen molar-refractivity contribution >= 4 is 27.3 Å². The highest BCUT2D eigenvalue weighted by Gasteiger charge is 2.29. The number of sulfonamides is 1. The molecule has 3 aromatic rings. The Labute approximate surface area is 162 Å². The van der Waals surface area contributed by atoms with E-state index in [-0.39, 0.29) is 17.2 Å². The topological polar surface area (TPSA) is 91.6 Å². The van der Waals surface area contributed by atoms with Gasteiger partial charge in [0.15, 0.2) is 0 Å². The molecule has 144 valence electrons. The highest BCUT2D eigenvalue weighted by molar-refractivity contribution is 7.93. The maximum atomic E-state index is 12.6. The van der Waals surface area contributed by atoms with Gasteiger partial charge in [-0.15, -0.1) is 0 Å². The van der Waals surface area contributed by atoms with Gasteiger partial charge in [0.25, 0.3) is 5.91 Å². The normalized spacial score (nSPS) is 15.5. The van der Waals surface area contributed by atoms with E-state index in [2.05, 4.69) is 5.32 Å². The average Bonchev–Trinajstić information content (AvgIpc) is 3.33. The largest absolute Gasteiger partial charge is 0.506 e. The molecule has 0 unspecified atom stereocenters. The van der Waals surface area contributed by atoms with Crippen LogP contribution in [-0.2, 0) is 10.0 Å². The van der Waals surface area contributed by atoms with E-state index < -0.39 is 15.9 Å². The molecule has 0 saturated carbocycles. The lowest BCUT2D eigenvalue weighted by atomic mass is 10.1. The van der Waals surface area contributed by atoms with Crippen molar-refractivity contribution in [3.05, 3.63) is 72.6 Å². The van der Waals surface area contributed by atoms with E-state index in [4.69, 9.17) is 0 Å². The predicted molar refractivity (Wildman–Crippen MR) is 108 cm³/mol. The molecule has 7 nitrogen and oxygen atoms in total. The van der Waals surface area contributed by atoms with Gasteiger partial charge in [0.2, 0.25) is 10.0 Å². The Balaban J connectivity index is 1.55. The fourth-order valence-corrected chi connectivity index (χ4v) is 4.75. The Morgan fingerprint density at radius 2 is 1.68 bits per heavy atom. The molecule has 4 rings (SSSR count). The van der Waals surface area contributed by atoms with Gasteiger partial charge < -0.3 is 15.0 Å². The van der Waals surface area contributed by atoms with Gasteiger partial charge >= 0.3 is 0 Å². The van der Waals surface area contributed by atoms with Crippen molar-refractivity contribution < 1.29 is 18.3 Å². The second-order valence-electron chi connectivity index (χ2n) is 6.53. The van der Waals surface area contributed by atoms with E-state index >= 15 is 0 Å². The van der Waals surface area contributed by atoms with Crippen LogP contribution in [0, 0.1) is 0 Å². The summed E-state index contributed by atoms with van der Waals surface area (Å²) >= 11 is 0. The molecule has 0 atom stereocenters. The number of benzene rings is 2. The highest BCUT2D eigenvalue weighted by atomic mass is 32.2. The number of nitrogens with one attached hydrogen (secondary N) is 1. The van der Waals surface area contributed by atoms with Crippen LogP contribution in [0.2, 0.25) is 0 Å². The van der Waals surface area contributed by atoms with E-state index in [0.29, 0.717) is 24.2 Å². The molecular weight excluding hydrogens is 378 g/mol. The summed E-state index contributed by atoms with van der Waals surface area (Å²) in [5.74, 6) is -0.419. The minimum atomic E-state index is -3.34. The van der Waals surface area contributed by atoms with Gasteiger partial charge in [-0.3, -0.25) is 9.10 Å². The molecule has 2 heterocycles. The van der Waals surface area contributed by atoms with E-state index in [0.717, 1.165) is 5.69 Å². The predicted octanol–water partition coefficient (Wildman–Crippen LogP) is 2.98. The fourth-order valence-electron chi connectivity index (χ4n) is 3.19. The third-order valence-electron chi connectivity index (χ3n) is 4.65. The number of amides is 1. The van der Waals surface area contributed by atoms with Crippen LogP contribution < -0.4 is 9.62 Å². The number of phenols is 1. The van der Waals surface area contributed by atoms with E-state index in [1.165, 1.54) is 22.5 Å². The van der Waals surface area contributed by atoms with Gasteiger partial charge in [0.05, 0.1) is 17.1 Å². The first-order valence-corrected chi connectivity index (χ1v) is 10.4. The summed E-state index contributed by atoms with van der Waals surface area (Å²) in [6.45, 7) is 0.390. The number of nitrogens with zero attached hydrogens (tertiary/aromatic N) is 2. The smallest absolute Gasteiger partial charge is 0.255 e. The fraction of sp³-hybridized carbons (Fsp3) is 0.150. The van der Waals surface area contributed by atoms with Crippen molar-refractivity contribution in [1.29, 1.82) is 0 Å². The molecule has 0 spiro atoms. The number of hydrogen-bond acceptors (Lipinski definition) is 4. The number of rotatable bonds is 4. The van der Waals surface area contributed by atoms with E-state index in [1.54, 1.807) is 12.1 Å². The zero-order chi connectivity index (χ0) is 19.7. The zero-order valence-electron chi connectivity index (χ0n) is 14.9. The molecule has 1 fully saturated rings. The molecule has 0 radical (unpaired) electrons. The van der Waals surface area contributed by atoms with Gasteiger partial charge in [-0.05, 0) is 61.0 Å². The first-order valence-electron chi connectivity index (χ1n) is 8.82. The Bertz CT molecular complexity index is 1110. The van der Waals surface area contributed by atoms with Crippen LogP contribution in [-0.4, -0.2) is 36.3 Å². The molecule has 1 amide bonds. The molecule has 1 aromatic heterocycles. The minimum absolute atomic E-state index is 0.101. The SMILES string of the molecule is O=C(Nc1cc(N2CCCS2(=O)=O)ccc1O)c1ccc(-n2cccc2)cc1. The van der Waals surface area contributed by atoms with E-state index in [9.17, 15) is 18.3 Å². The summed E-state index contributed by atoms with van der Waals surface area (Å²) in [6.07, 6.45) is 4.37. The van der Waals surface area contributed by atoms with Crippen LogP contribution in [0.1, 0.15) is 16.8 Å². The molecule has 0 bridgehead atoms. The highest BCUT2D eigenvalue weighted by Crippen LogP contribution is 2.32. The van der Waals surface area contributed by atoms with Crippen LogP contribution in [0.3, 0.4) is 0 Å². The quantitative estimate of drug-likeness (QED) is 0.662. The van der Waals surface area contributed by atoms with Gasteiger partial charge in [-0.2, -0.15) is 0 Å². The molecule has 2 aromatic carbocycles. The van der Waals surface area contributed by atoms with E-state index in [1.807, 2.05) is 41.2 Å². The molecular formula is C20H19N3O4S. The summed E-state index contributed by atoms with van der Waals surface area (Å²) in [4.78, 5) is 12.6. The lowest BCUT2D eigenvalue weighted by Gasteiger charge is -2.18. The first-order chi connectivity index (χ1) is 13.4. The molecule has 1 saturated heterocycles. The van der Waals surface area contributed by atoms with Crippen LogP contribution in [0.4, 0.5) is 11.4 Å². The van der Waals surface area contributed by atoms with Crippen LogP contribution in [0.25, 0.3) is 5.69 Å². The van der Waals surface area contributed by atoms with Gasteiger partial charge in [-0.1, -0.05) is 0 Å². The number of carbonyl (C=O) groups is 1. The minimum Gasteiger partial charge on any atom is -0.506 e. The summed E-state index contributed by atoms with van der Waals surface area (Å²) in [6, 6.07) is 15.2. The maximum absolute atomic E-state index is 12.6. The van der Waals surface area contributed by atoms with Crippen molar-refractivity contribution in [3.63, 3.8) is 0 Å². The number of phenolic OH excluding ortho intramolecular Hbond substituents is 1. The Morgan fingerprint density at radius 1 is 1.00 bits per heavy atom. The first kappa shape index (κ1) is 18.1. The lowest BCUT2D eigenvalue weighted by molar-refractivity contribution is 0.102. The van der Waals surface area contributed by atoms with Crippen LogP contribution >= 0.6 is 0 Å². The maximum Gasteiger partial charge on any atom is 0.255 e. The summed E-state index contributed by atoms with van der Waals surface area (Å²) in [7, 11) is -3.34. The van der Waals surface area contributed by atoms with Gasteiger partial charge in [-0.25, -0.2) is 8.42 Å². The summed E-state index contributed by atoms with van der Waals surface area (Å²) < 4.78 is 27.4. The average molecular weight is 397 g/mol. The van der Waals surface area contributed by atoms with Crippen molar-refractivity contribution in [2.24, 2.45) is 0 Å². The number of aromatic nitrogens is 1. The molecule has 2 N–H and O–H groups in total. The molecule has 1 aliphatic rings. The Morgan fingerprint density at radius 3 is 2.32 bits per heavy atom. The van der Waals surface area contributed by atoms with Crippen molar-refractivity contribution in [3.8, 4) is 11.4 Å². The van der Waals surface area contributed by atoms with Gasteiger partial charge in [0, 0.05) is 30.2 Å². The van der Waals surface area contributed by atoms with Gasteiger partial charge in [0.1, 0.15) is 5.75 Å². The molecule has 1 aliphatic heterocycles. The van der Waals surface area contributed by atoms with Crippen LogP contribution in [0.15, 0.2) is 67.0 Å². The molecule has 8 heteroatoms. The number of carbonyl (C=O) groups excluding carboxylic acids is 1. The number of anilines is 2. The number of hydrogen-bond donors (Lipinski definition) is 2. The summed E-state index contributed by atoms with van der Waals surface area (Å²) in [5, 5.41) is 12.7. The van der Waals surface area contributed by atoms with Crippen molar-refractivity contribution in [2.45, 2.75) is 6.42 Å². The van der Waals surface area contributed by atoms with Crippen molar-refractivity contribution in [2.75, 3.05) is 21.9 Å². The van der Waals surface area contributed by atoms with Crippen molar-refractivity contribution in [1.82, 2.24) is 4.57 Å². The monoisotopic (exact) mass is 397 g/mol. The third kappa shape index (κ3) is 3.46. The third-order valence-corrected chi connectivity index (χ3v) is 6.52. The summed E-state index contributed by atoms with van der Waals surface area (Å²) in [5.41, 5.74) is 1.94. The second-order valence-corrected chi connectivity index (χ2v) is 8.55. The standard InChI is InChI=1S/C20H19N3O4S/c24-19-9-8-17(23-12-3-13-28(23,26)27)14-18(19)21-20(25)15-4-6-16(7-5-15)22-10-1-2-11-22/h1-2,4-11,14,24H,3,12-13H2,(H,21,25). The molecule has 28 heavy (non-hydrogen) atoms. The number of aromatic hydroxyl groups is 1. The second kappa shape index (κ2) is 7.05.